The molecule has 0 aliphatic rings. The maximum atomic E-state index is 6.10. The third-order valence-corrected chi connectivity index (χ3v) is 4.15. The molecule has 0 amide bonds. The highest BCUT2D eigenvalue weighted by atomic mass is 79.9. The van der Waals surface area contributed by atoms with Gasteiger partial charge in [-0.3, -0.25) is 0 Å². The minimum absolute atomic E-state index is 0.558. The Labute approximate surface area is 135 Å². The van der Waals surface area contributed by atoms with Crippen LogP contribution in [0.2, 0.25) is 5.02 Å². The van der Waals surface area contributed by atoms with Crippen molar-refractivity contribution in [3.8, 4) is 5.75 Å². The van der Waals surface area contributed by atoms with Crippen molar-refractivity contribution in [3.63, 3.8) is 0 Å². The van der Waals surface area contributed by atoms with Gasteiger partial charge in [0.1, 0.15) is 12.4 Å². The van der Waals surface area contributed by atoms with E-state index in [2.05, 4.69) is 44.0 Å². The summed E-state index contributed by atoms with van der Waals surface area (Å²) >= 11 is 13.1. The lowest BCUT2D eigenvalue weighted by atomic mass is 10.1. The van der Waals surface area contributed by atoms with Gasteiger partial charge >= 0.3 is 0 Å². The molecule has 2 aromatic carbocycles. The largest absolute Gasteiger partial charge is 0.488 e. The van der Waals surface area contributed by atoms with Gasteiger partial charge in [0.05, 0.1) is 0 Å². The highest BCUT2D eigenvalue weighted by Gasteiger charge is 2.11. The molecule has 4 heteroatoms. The van der Waals surface area contributed by atoms with Crippen LogP contribution in [0.15, 0.2) is 42.5 Å². The van der Waals surface area contributed by atoms with Crippen molar-refractivity contribution in [2.24, 2.45) is 0 Å². The number of alkyl halides is 2. The first-order chi connectivity index (χ1) is 9.24. The van der Waals surface area contributed by atoms with Crippen LogP contribution in [0, 0.1) is 0 Å². The monoisotopic (exact) mass is 402 g/mol. The fourth-order valence-electron chi connectivity index (χ4n) is 1.83. The van der Waals surface area contributed by atoms with Gasteiger partial charge in [-0.2, -0.15) is 0 Å². The molecule has 0 spiro atoms. The molecule has 0 aromatic heterocycles. The molecule has 0 saturated heterocycles. The van der Waals surface area contributed by atoms with E-state index in [0.717, 1.165) is 38.1 Å². The second kappa shape index (κ2) is 7.32. The number of rotatable bonds is 5. The zero-order valence-corrected chi connectivity index (χ0v) is 14.1. The summed E-state index contributed by atoms with van der Waals surface area (Å²) in [7, 11) is 0. The van der Waals surface area contributed by atoms with Crippen LogP contribution in [0.5, 0.6) is 5.75 Å². The van der Waals surface area contributed by atoms with E-state index in [9.17, 15) is 0 Å². The molecule has 0 unspecified atom stereocenters. The lowest BCUT2D eigenvalue weighted by molar-refractivity contribution is 0.301. The zero-order chi connectivity index (χ0) is 13.7. The van der Waals surface area contributed by atoms with Gasteiger partial charge in [-0.25, -0.2) is 0 Å². The summed E-state index contributed by atoms with van der Waals surface area (Å²) in [4.78, 5) is 0. The molecule has 0 saturated carbocycles. The van der Waals surface area contributed by atoms with Gasteiger partial charge < -0.3 is 4.74 Å². The number of halogens is 3. The predicted octanol–water partition coefficient (Wildman–Crippen LogP) is 5.71. The van der Waals surface area contributed by atoms with Crippen LogP contribution in [0.4, 0.5) is 0 Å². The molecule has 2 rings (SSSR count). The minimum Gasteiger partial charge on any atom is -0.488 e. The van der Waals surface area contributed by atoms with Crippen molar-refractivity contribution >= 4 is 43.5 Å². The second-order valence-corrected chi connectivity index (χ2v) is 5.65. The number of ether oxygens (including phenoxy) is 1. The van der Waals surface area contributed by atoms with Crippen LogP contribution < -0.4 is 4.74 Å². The summed E-state index contributed by atoms with van der Waals surface area (Å²) in [5.74, 6) is 0.905. The SMILES string of the molecule is Clc1cc(CBr)c(OCc2ccccc2)c(CBr)c1. The Hall–Kier alpha value is -0.510. The Morgan fingerprint density at radius 1 is 0.947 bits per heavy atom. The fraction of sp³-hybridized carbons (Fsp3) is 0.200. The number of benzene rings is 2. The molecule has 2 aromatic rings. The molecule has 0 heterocycles. The molecule has 0 fully saturated rings. The van der Waals surface area contributed by atoms with Crippen molar-refractivity contribution in [1.29, 1.82) is 0 Å². The van der Waals surface area contributed by atoms with E-state index in [1.54, 1.807) is 0 Å². The van der Waals surface area contributed by atoms with Crippen LogP contribution in [0.1, 0.15) is 16.7 Å². The van der Waals surface area contributed by atoms with Gasteiger partial charge in [0.15, 0.2) is 0 Å². The van der Waals surface area contributed by atoms with Crippen LogP contribution in [-0.2, 0) is 17.3 Å². The Morgan fingerprint density at radius 3 is 2.05 bits per heavy atom. The highest BCUT2D eigenvalue weighted by Crippen LogP contribution is 2.32. The first-order valence-corrected chi connectivity index (χ1v) is 8.46. The third-order valence-electron chi connectivity index (χ3n) is 2.72. The topological polar surface area (TPSA) is 9.23 Å². The Bertz CT molecular complexity index is 518. The van der Waals surface area contributed by atoms with Crippen LogP contribution >= 0.6 is 43.5 Å². The quantitative estimate of drug-likeness (QED) is 0.580. The lowest BCUT2D eigenvalue weighted by Crippen LogP contribution is -2.01. The molecular weight excluding hydrogens is 391 g/mol. The average Bonchev–Trinajstić information content (AvgIpc) is 2.46. The number of hydrogen-bond acceptors (Lipinski definition) is 1. The smallest absolute Gasteiger partial charge is 0.127 e. The van der Waals surface area contributed by atoms with E-state index >= 15 is 0 Å². The first kappa shape index (κ1) is 14.9. The van der Waals surface area contributed by atoms with Crippen LogP contribution in [-0.4, -0.2) is 0 Å². The van der Waals surface area contributed by atoms with Crippen molar-refractivity contribution in [2.45, 2.75) is 17.3 Å². The molecule has 0 atom stereocenters. The number of hydrogen-bond donors (Lipinski definition) is 0. The van der Waals surface area contributed by atoms with E-state index in [4.69, 9.17) is 16.3 Å². The third kappa shape index (κ3) is 3.98. The first-order valence-electron chi connectivity index (χ1n) is 5.84. The maximum absolute atomic E-state index is 6.10. The summed E-state index contributed by atoms with van der Waals surface area (Å²) in [5, 5.41) is 2.17. The molecule has 0 bridgehead atoms. The van der Waals surface area contributed by atoms with E-state index in [1.165, 1.54) is 0 Å². The zero-order valence-electron chi connectivity index (χ0n) is 10.2. The molecule has 1 nitrogen and oxygen atoms in total. The van der Waals surface area contributed by atoms with Crippen molar-refractivity contribution < 1.29 is 4.74 Å². The maximum Gasteiger partial charge on any atom is 0.127 e. The molecule has 0 radical (unpaired) electrons. The van der Waals surface area contributed by atoms with Crippen LogP contribution in [0.3, 0.4) is 0 Å². The molecule has 19 heavy (non-hydrogen) atoms. The van der Waals surface area contributed by atoms with Gasteiger partial charge in [-0.05, 0) is 17.7 Å². The Balaban J connectivity index is 2.23. The Kier molecular flexibility index (Phi) is 5.74. The van der Waals surface area contributed by atoms with Crippen molar-refractivity contribution in [2.75, 3.05) is 0 Å². The summed E-state index contributed by atoms with van der Waals surface area (Å²) in [6, 6.07) is 14.0. The minimum atomic E-state index is 0.558. The van der Waals surface area contributed by atoms with Gasteiger partial charge in [-0.15, -0.1) is 0 Å². The average molecular weight is 405 g/mol. The molecular formula is C15H13Br2ClO. The van der Waals surface area contributed by atoms with Crippen molar-refractivity contribution in [1.82, 2.24) is 0 Å². The van der Waals surface area contributed by atoms with Gasteiger partial charge in [0, 0.05) is 26.8 Å². The highest BCUT2D eigenvalue weighted by molar-refractivity contribution is 9.08. The van der Waals surface area contributed by atoms with Crippen molar-refractivity contribution in [3.05, 3.63) is 64.2 Å². The summed E-state index contributed by atoms with van der Waals surface area (Å²) in [5.41, 5.74) is 3.29. The normalized spacial score (nSPS) is 10.5. The van der Waals surface area contributed by atoms with Gasteiger partial charge in [0.25, 0.3) is 0 Å². The standard InChI is InChI=1S/C15H13Br2ClO/c16-8-12-6-14(18)7-13(9-17)15(12)19-10-11-4-2-1-3-5-11/h1-7H,8-10H2. The van der Waals surface area contributed by atoms with E-state index in [0.29, 0.717) is 6.61 Å². The van der Waals surface area contributed by atoms with Gasteiger partial charge in [-0.1, -0.05) is 73.8 Å². The predicted molar refractivity (Wildman–Crippen MR) is 87.5 cm³/mol. The Morgan fingerprint density at radius 2 is 1.53 bits per heavy atom. The molecule has 0 aliphatic carbocycles. The fourth-order valence-corrected chi connectivity index (χ4v) is 2.92. The molecule has 0 aliphatic heterocycles. The summed E-state index contributed by atoms with van der Waals surface area (Å²) < 4.78 is 5.97. The van der Waals surface area contributed by atoms with Gasteiger partial charge in [0.2, 0.25) is 0 Å². The van der Waals surface area contributed by atoms with E-state index in [-0.39, 0.29) is 0 Å². The summed E-state index contributed by atoms with van der Waals surface area (Å²) in [6.07, 6.45) is 0. The lowest BCUT2D eigenvalue weighted by Gasteiger charge is -2.14. The van der Waals surface area contributed by atoms with Crippen LogP contribution in [0.25, 0.3) is 0 Å². The van der Waals surface area contributed by atoms with E-state index in [1.807, 2.05) is 30.3 Å². The molecule has 0 N–H and O–H groups in total. The summed E-state index contributed by atoms with van der Waals surface area (Å²) in [6.45, 7) is 0.558. The molecule has 100 valence electrons. The van der Waals surface area contributed by atoms with E-state index < -0.39 is 0 Å². The second-order valence-electron chi connectivity index (χ2n) is 4.09.